The number of aliphatic hydroxyl groups is 1. The molecule has 1 aromatic heterocycles. The first kappa shape index (κ1) is 20.2. The van der Waals surface area contributed by atoms with Crippen LogP contribution >= 0.6 is 0 Å². The second-order valence-electron chi connectivity index (χ2n) is 7.75. The lowest BCUT2D eigenvalue weighted by molar-refractivity contribution is -0.106. The minimum Gasteiger partial charge on any atom is -0.385 e. The Balaban J connectivity index is 0.000000687. The molecule has 154 valence electrons. The van der Waals surface area contributed by atoms with Crippen LogP contribution in [0.15, 0.2) is 67.0 Å². The van der Waals surface area contributed by atoms with Gasteiger partial charge >= 0.3 is 0 Å². The van der Waals surface area contributed by atoms with E-state index in [0.717, 1.165) is 40.7 Å². The van der Waals surface area contributed by atoms with E-state index < -0.39 is 5.60 Å². The van der Waals surface area contributed by atoms with Crippen LogP contribution in [0.2, 0.25) is 0 Å². The minimum atomic E-state index is -0.700. The monoisotopic (exact) mass is 406 g/mol. The van der Waals surface area contributed by atoms with Crippen molar-refractivity contribution in [1.82, 2.24) is 4.98 Å². The van der Waals surface area contributed by atoms with Gasteiger partial charge in [-0.25, -0.2) is 4.39 Å². The zero-order valence-electron chi connectivity index (χ0n) is 16.4. The maximum atomic E-state index is 13.3. The van der Waals surface area contributed by atoms with Crippen LogP contribution < -0.4 is 5.73 Å². The Kier molecular flexibility index (Phi) is 5.37. The third-order valence-corrected chi connectivity index (χ3v) is 5.89. The third-order valence-electron chi connectivity index (χ3n) is 5.89. The van der Waals surface area contributed by atoms with Crippen molar-refractivity contribution in [3.8, 4) is 11.1 Å². The Morgan fingerprint density at radius 3 is 2.07 bits per heavy atom. The standard InChI is InChI=1S/C23H20FNO2.CH3NO/c24-19-7-5-18(6-8-19)22(14-27-15-22)17-3-1-16(2-4-17)20-13-25-12-9-21(20)23(26)10-11-23;2-1-3/h1-9,12-13,26H,10-11,14-15H2;1H,(H2,2,3). The van der Waals surface area contributed by atoms with Crippen molar-refractivity contribution in [1.29, 1.82) is 0 Å². The number of amides is 1. The van der Waals surface area contributed by atoms with Crippen molar-refractivity contribution >= 4 is 6.41 Å². The van der Waals surface area contributed by atoms with Crippen molar-refractivity contribution in [3.05, 3.63) is 89.5 Å². The highest BCUT2D eigenvalue weighted by atomic mass is 19.1. The molecule has 5 nitrogen and oxygen atoms in total. The van der Waals surface area contributed by atoms with Gasteiger partial charge in [0.15, 0.2) is 0 Å². The van der Waals surface area contributed by atoms with E-state index in [9.17, 15) is 9.50 Å². The molecule has 0 radical (unpaired) electrons. The summed E-state index contributed by atoms with van der Waals surface area (Å²) in [7, 11) is 0. The SMILES string of the molecule is NC=O.OC1(c2ccncc2-c2ccc(C3(c4ccc(F)cc4)COC3)cc2)CC1. The largest absolute Gasteiger partial charge is 0.385 e. The quantitative estimate of drug-likeness (QED) is 0.651. The van der Waals surface area contributed by atoms with Crippen molar-refractivity contribution in [2.45, 2.75) is 23.9 Å². The van der Waals surface area contributed by atoms with E-state index in [-0.39, 0.29) is 17.6 Å². The topological polar surface area (TPSA) is 85.4 Å². The smallest absolute Gasteiger partial charge is 0.204 e. The number of ether oxygens (including phenoxy) is 1. The summed E-state index contributed by atoms with van der Waals surface area (Å²) in [6, 6.07) is 17.0. The summed E-state index contributed by atoms with van der Waals surface area (Å²) in [6.07, 6.45) is 5.40. The predicted molar refractivity (Wildman–Crippen MR) is 111 cm³/mol. The van der Waals surface area contributed by atoms with Gasteiger partial charge in [0.1, 0.15) is 5.82 Å². The number of nitrogens with two attached hydrogens (primary N) is 1. The first-order valence-electron chi connectivity index (χ1n) is 9.79. The van der Waals surface area contributed by atoms with Crippen LogP contribution in [-0.4, -0.2) is 29.7 Å². The number of hydrogen-bond donors (Lipinski definition) is 2. The second kappa shape index (κ2) is 7.97. The molecule has 0 atom stereocenters. The molecule has 0 bridgehead atoms. The van der Waals surface area contributed by atoms with E-state index in [0.29, 0.717) is 13.2 Å². The van der Waals surface area contributed by atoms with Gasteiger partial charge in [0.2, 0.25) is 6.41 Å². The third kappa shape index (κ3) is 3.60. The first-order chi connectivity index (χ1) is 14.5. The van der Waals surface area contributed by atoms with Gasteiger partial charge in [0, 0.05) is 18.0 Å². The number of carbonyl (C=O) groups excluding carboxylic acids is 1. The van der Waals surface area contributed by atoms with Crippen molar-refractivity contribution in [3.63, 3.8) is 0 Å². The molecule has 30 heavy (non-hydrogen) atoms. The molecule has 2 heterocycles. The van der Waals surface area contributed by atoms with Crippen LogP contribution in [0.1, 0.15) is 29.5 Å². The van der Waals surface area contributed by atoms with Crippen LogP contribution in [-0.2, 0) is 20.5 Å². The summed E-state index contributed by atoms with van der Waals surface area (Å²) in [6.45, 7) is 1.19. The highest BCUT2D eigenvalue weighted by Crippen LogP contribution is 2.48. The normalized spacial score (nSPS) is 17.8. The van der Waals surface area contributed by atoms with Gasteiger partial charge in [-0.15, -0.1) is 0 Å². The number of halogens is 1. The molecular formula is C24H23FN2O3. The molecule has 0 unspecified atom stereocenters. The molecule has 0 spiro atoms. The van der Waals surface area contributed by atoms with Crippen LogP contribution in [0.5, 0.6) is 0 Å². The molecule has 2 fully saturated rings. The summed E-state index contributed by atoms with van der Waals surface area (Å²) in [4.78, 5) is 12.8. The number of rotatable bonds is 4. The average molecular weight is 406 g/mol. The molecule has 1 saturated heterocycles. The Morgan fingerprint density at radius 1 is 1.00 bits per heavy atom. The predicted octanol–water partition coefficient (Wildman–Crippen LogP) is 3.29. The van der Waals surface area contributed by atoms with Crippen LogP contribution in [0.25, 0.3) is 11.1 Å². The number of benzene rings is 2. The van der Waals surface area contributed by atoms with Gasteiger partial charge in [-0.05, 0) is 53.3 Å². The van der Waals surface area contributed by atoms with Crippen LogP contribution in [0.4, 0.5) is 4.39 Å². The van der Waals surface area contributed by atoms with E-state index >= 15 is 0 Å². The Labute approximate surface area is 174 Å². The lowest BCUT2D eigenvalue weighted by Crippen LogP contribution is -2.47. The molecule has 2 aromatic carbocycles. The number of hydrogen-bond acceptors (Lipinski definition) is 4. The van der Waals surface area contributed by atoms with E-state index in [1.54, 1.807) is 6.20 Å². The zero-order valence-corrected chi connectivity index (χ0v) is 16.4. The number of pyridine rings is 1. The molecule has 1 aliphatic carbocycles. The second-order valence-corrected chi connectivity index (χ2v) is 7.75. The maximum absolute atomic E-state index is 13.3. The van der Waals surface area contributed by atoms with Crippen molar-refractivity contribution < 1.29 is 19.0 Å². The molecule has 1 aliphatic heterocycles. The number of carbonyl (C=O) groups is 1. The van der Waals surface area contributed by atoms with E-state index in [4.69, 9.17) is 9.53 Å². The highest BCUT2D eigenvalue weighted by molar-refractivity contribution is 5.69. The fraction of sp³-hybridized carbons (Fsp3) is 0.250. The number of aromatic nitrogens is 1. The highest BCUT2D eigenvalue weighted by Gasteiger charge is 2.44. The lowest BCUT2D eigenvalue weighted by Gasteiger charge is -2.42. The summed E-state index contributed by atoms with van der Waals surface area (Å²) in [5.41, 5.74) is 8.43. The zero-order chi connectivity index (χ0) is 21.2. The van der Waals surface area contributed by atoms with Gasteiger partial charge in [-0.3, -0.25) is 9.78 Å². The van der Waals surface area contributed by atoms with E-state index in [2.05, 4.69) is 35.0 Å². The minimum absolute atomic E-state index is 0.224. The van der Waals surface area contributed by atoms with Gasteiger partial charge in [-0.2, -0.15) is 0 Å². The van der Waals surface area contributed by atoms with Gasteiger partial charge < -0.3 is 15.6 Å². The molecule has 6 heteroatoms. The lowest BCUT2D eigenvalue weighted by atomic mass is 9.72. The van der Waals surface area contributed by atoms with Gasteiger partial charge in [-0.1, -0.05) is 36.4 Å². The van der Waals surface area contributed by atoms with Crippen LogP contribution in [0, 0.1) is 5.82 Å². The maximum Gasteiger partial charge on any atom is 0.204 e. The fourth-order valence-corrected chi connectivity index (χ4v) is 3.96. The molecule has 5 rings (SSSR count). The Bertz CT molecular complexity index is 1030. The van der Waals surface area contributed by atoms with Gasteiger partial charge in [0.05, 0.1) is 24.2 Å². The molecular weight excluding hydrogens is 383 g/mol. The summed E-state index contributed by atoms with van der Waals surface area (Å²) >= 11 is 0. The van der Waals surface area contributed by atoms with Crippen LogP contribution in [0.3, 0.4) is 0 Å². The summed E-state index contributed by atoms with van der Waals surface area (Å²) < 4.78 is 18.8. The molecule has 1 amide bonds. The number of primary amides is 1. The average Bonchev–Trinajstić information content (AvgIpc) is 3.48. The van der Waals surface area contributed by atoms with Crippen molar-refractivity contribution in [2.24, 2.45) is 5.73 Å². The molecule has 2 aliphatic rings. The van der Waals surface area contributed by atoms with Crippen molar-refractivity contribution in [2.75, 3.05) is 13.2 Å². The van der Waals surface area contributed by atoms with E-state index in [1.165, 1.54) is 12.1 Å². The summed E-state index contributed by atoms with van der Waals surface area (Å²) in [5.74, 6) is -0.230. The van der Waals surface area contributed by atoms with E-state index in [1.807, 2.05) is 24.4 Å². The molecule has 3 N–H and O–H groups in total. The van der Waals surface area contributed by atoms with Gasteiger partial charge in [0.25, 0.3) is 0 Å². The first-order valence-corrected chi connectivity index (χ1v) is 9.79. The number of nitrogens with zero attached hydrogens (tertiary/aromatic N) is 1. The Morgan fingerprint density at radius 2 is 1.57 bits per heavy atom. The molecule has 1 saturated carbocycles. The molecule has 3 aromatic rings. The fourth-order valence-electron chi connectivity index (χ4n) is 3.96. The summed E-state index contributed by atoms with van der Waals surface area (Å²) in [5, 5.41) is 10.6. The Hall–Kier alpha value is -3.09.